The smallest absolute Gasteiger partial charge is 0.333 e. The first-order valence-electron chi connectivity index (χ1n) is 13.7. The van der Waals surface area contributed by atoms with Gasteiger partial charge in [-0.3, -0.25) is 9.59 Å². The molecule has 4 aromatic rings. The molecule has 10 nitrogen and oxygen atoms in total. The zero-order chi connectivity index (χ0) is 31.6. The Bertz CT molecular complexity index is 1830. The van der Waals surface area contributed by atoms with Crippen molar-refractivity contribution >= 4 is 34.3 Å². The Balaban J connectivity index is 1.39. The topological polar surface area (TPSA) is 142 Å². The van der Waals surface area contributed by atoms with E-state index in [1.54, 1.807) is 13.0 Å². The summed E-state index contributed by atoms with van der Waals surface area (Å²) < 4.78 is 52.0. The van der Waals surface area contributed by atoms with Gasteiger partial charge in [0.05, 0.1) is 24.4 Å². The van der Waals surface area contributed by atoms with Crippen molar-refractivity contribution in [2.75, 3.05) is 20.3 Å². The summed E-state index contributed by atoms with van der Waals surface area (Å²) in [6, 6.07) is 8.05. The first-order valence-corrected chi connectivity index (χ1v) is 14.0. The lowest BCUT2D eigenvalue weighted by molar-refractivity contribution is -0.123. The molecule has 0 radical (unpaired) electrons. The third-order valence-electron chi connectivity index (χ3n) is 8.29. The molecule has 1 saturated carbocycles. The third kappa shape index (κ3) is 4.89. The van der Waals surface area contributed by atoms with Crippen LogP contribution in [-0.2, 0) is 15.8 Å². The number of benzene rings is 2. The number of ether oxygens (including phenoxy) is 2. The number of aliphatic hydroxyl groups is 1. The van der Waals surface area contributed by atoms with Gasteiger partial charge in [-0.2, -0.15) is 13.9 Å². The summed E-state index contributed by atoms with van der Waals surface area (Å²) in [5, 5.41) is 19.0. The zero-order valence-corrected chi connectivity index (χ0v) is 24.3. The number of hydrogen-bond acceptors (Lipinski definition) is 7. The number of alkyl halides is 2. The molecule has 3 heterocycles. The van der Waals surface area contributed by atoms with E-state index in [-0.39, 0.29) is 63.4 Å². The molecule has 44 heavy (non-hydrogen) atoms. The van der Waals surface area contributed by atoms with Gasteiger partial charge in [0.2, 0.25) is 5.91 Å². The number of nitrogens with one attached hydrogen (secondary N) is 1. The number of pyridine rings is 1. The summed E-state index contributed by atoms with van der Waals surface area (Å²) in [6.07, 6.45) is 2.37. The predicted octanol–water partition coefficient (Wildman–Crippen LogP) is 4.46. The average molecular weight is 630 g/mol. The molecule has 0 bridgehead atoms. The maximum absolute atomic E-state index is 13.9. The maximum atomic E-state index is 13.9. The second kappa shape index (κ2) is 10.7. The SMILES string of the molecule is COc1cc(C(=O)NCC(O)(c2cc3c(c(-c4ccc(F)cc4Cl)n2)OC[C@]3(C)C(N)=O)C2CC2)cc2cn(C(F)F)nc12. The van der Waals surface area contributed by atoms with E-state index < -0.39 is 35.2 Å². The Morgan fingerprint density at radius 1 is 1.30 bits per heavy atom. The molecule has 1 aliphatic heterocycles. The van der Waals surface area contributed by atoms with Crippen LogP contribution in [0, 0.1) is 11.7 Å². The lowest BCUT2D eigenvalue weighted by atomic mass is 9.81. The van der Waals surface area contributed by atoms with Crippen LogP contribution in [0.5, 0.6) is 11.5 Å². The fourth-order valence-corrected chi connectivity index (χ4v) is 5.76. The van der Waals surface area contributed by atoms with Crippen LogP contribution in [-0.4, -0.2) is 51.9 Å². The van der Waals surface area contributed by atoms with Gasteiger partial charge in [-0.1, -0.05) is 11.6 Å². The number of aromatic nitrogens is 3. The molecule has 2 aliphatic rings. The molecule has 2 amide bonds. The highest BCUT2D eigenvalue weighted by atomic mass is 35.5. The van der Waals surface area contributed by atoms with Crippen LogP contribution in [0.2, 0.25) is 5.02 Å². The van der Waals surface area contributed by atoms with Gasteiger partial charge >= 0.3 is 6.55 Å². The van der Waals surface area contributed by atoms with Gasteiger partial charge in [0.1, 0.15) is 46.1 Å². The van der Waals surface area contributed by atoms with Crippen LogP contribution in [0.1, 0.15) is 47.9 Å². The van der Waals surface area contributed by atoms with Crippen LogP contribution < -0.4 is 20.5 Å². The number of hydrogen-bond donors (Lipinski definition) is 3. The molecule has 4 N–H and O–H groups in total. The fourth-order valence-electron chi connectivity index (χ4n) is 5.50. The minimum absolute atomic E-state index is 0.0379. The summed E-state index contributed by atoms with van der Waals surface area (Å²) in [4.78, 5) is 30.6. The number of carbonyl (C=O) groups is 2. The number of amides is 2. The van der Waals surface area contributed by atoms with Crippen molar-refractivity contribution in [2.45, 2.75) is 37.3 Å². The van der Waals surface area contributed by atoms with Crippen molar-refractivity contribution in [2.24, 2.45) is 11.7 Å². The molecule has 0 spiro atoms. The van der Waals surface area contributed by atoms with Gasteiger partial charge in [0.25, 0.3) is 5.91 Å². The van der Waals surface area contributed by atoms with Crippen LogP contribution in [0.4, 0.5) is 13.2 Å². The van der Waals surface area contributed by atoms with E-state index in [0.29, 0.717) is 28.7 Å². The van der Waals surface area contributed by atoms with Crippen molar-refractivity contribution in [1.29, 1.82) is 0 Å². The van der Waals surface area contributed by atoms with Crippen molar-refractivity contribution in [3.05, 3.63) is 70.3 Å². The molecule has 2 atom stereocenters. The maximum Gasteiger partial charge on any atom is 0.333 e. The minimum atomic E-state index is -2.88. The van der Waals surface area contributed by atoms with E-state index in [1.807, 2.05) is 0 Å². The van der Waals surface area contributed by atoms with Crippen molar-refractivity contribution in [3.8, 4) is 22.8 Å². The molecule has 14 heteroatoms. The standard InChI is InChI=1S/C30H27ClF3N5O5/c1-29(27(35)41)13-44-25-19(29)10-22(37-24(25)18-6-5-17(32)9-20(18)31)30(42,16-3-4-16)12-36-26(40)14-7-15-11-39(28(33)34)38-23(15)21(8-14)43-2/h5-11,16,28,42H,3-4,12-13H2,1-2H3,(H2,35,41)(H,36,40)/t29-,30?/m0/s1. The van der Waals surface area contributed by atoms with Gasteiger partial charge in [-0.25, -0.2) is 14.1 Å². The highest BCUT2D eigenvalue weighted by Gasteiger charge is 2.50. The number of nitrogens with zero attached hydrogens (tertiary/aromatic N) is 3. The second-order valence-electron chi connectivity index (χ2n) is 11.2. The molecular formula is C30H27ClF3N5O5. The molecule has 1 fully saturated rings. The second-order valence-corrected chi connectivity index (χ2v) is 11.6. The predicted molar refractivity (Wildman–Crippen MR) is 153 cm³/mol. The number of carbonyl (C=O) groups excluding carboxylic acids is 2. The summed E-state index contributed by atoms with van der Waals surface area (Å²) in [5.74, 6) is -1.78. The Morgan fingerprint density at radius 3 is 2.68 bits per heavy atom. The summed E-state index contributed by atoms with van der Waals surface area (Å²) in [7, 11) is 1.33. The Hall–Kier alpha value is -4.36. The van der Waals surface area contributed by atoms with Crippen molar-refractivity contribution in [3.63, 3.8) is 0 Å². The van der Waals surface area contributed by atoms with Crippen LogP contribution in [0.25, 0.3) is 22.2 Å². The van der Waals surface area contributed by atoms with Crippen LogP contribution in [0.15, 0.2) is 42.6 Å². The first-order chi connectivity index (χ1) is 20.9. The first kappa shape index (κ1) is 29.7. The number of nitrogens with two attached hydrogens (primary N) is 1. The summed E-state index contributed by atoms with van der Waals surface area (Å²) in [6.45, 7) is -1.64. The monoisotopic (exact) mass is 629 g/mol. The normalized spacial score (nSPS) is 19.0. The van der Waals surface area contributed by atoms with Gasteiger partial charge < -0.3 is 25.6 Å². The quantitative estimate of drug-likeness (QED) is 0.248. The number of fused-ring (bicyclic) bond motifs is 2. The highest BCUT2D eigenvalue weighted by Crippen LogP contribution is 2.50. The summed E-state index contributed by atoms with van der Waals surface area (Å²) >= 11 is 6.39. The zero-order valence-electron chi connectivity index (χ0n) is 23.5. The van der Waals surface area contributed by atoms with E-state index in [2.05, 4.69) is 10.4 Å². The molecular weight excluding hydrogens is 603 g/mol. The Labute approximate surface area is 253 Å². The van der Waals surface area contributed by atoms with Gasteiger partial charge in [-0.15, -0.1) is 0 Å². The van der Waals surface area contributed by atoms with Crippen LogP contribution >= 0.6 is 11.6 Å². The van der Waals surface area contributed by atoms with E-state index in [4.69, 9.17) is 31.8 Å². The van der Waals surface area contributed by atoms with E-state index in [1.165, 1.54) is 31.4 Å². The molecule has 2 aromatic heterocycles. The molecule has 0 saturated heterocycles. The molecule has 6 rings (SSSR count). The number of rotatable bonds is 9. The third-order valence-corrected chi connectivity index (χ3v) is 8.60. The molecule has 230 valence electrons. The number of halogens is 4. The van der Waals surface area contributed by atoms with Gasteiger partial charge in [-0.05, 0) is 62.1 Å². The average Bonchev–Trinajstić information content (AvgIpc) is 3.67. The van der Waals surface area contributed by atoms with Gasteiger partial charge in [0.15, 0.2) is 0 Å². The van der Waals surface area contributed by atoms with E-state index >= 15 is 0 Å². The number of primary amides is 1. The van der Waals surface area contributed by atoms with Crippen molar-refractivity contribution in [1.82, 2.24) is 20.1 Å². The Morgan fingerprint density at radius 2 is 2.05 bits per heavy atom. The Kier molecular flexibility index (Phi) is 7.20. The lowest BCUT2D eigenvalue weighted by Crippen LogP contribution is -2.44. The van der Waals surface area contributed by atoms with E-state index in [0.717, 1.165) is 12.3 Å². The lowest BCUT2D eigenvalue weighted by Gasteiger charge is -2.30. The van der Waals surface area contributed by atoms with E-state index in [9.17, 15) is 27.9 Å². The molecule has 1 aliphatic carbocycles. The fraction of sp³-hybridized carbons (Fsp3) is 0.333. The van der Waals surface area contributed by atoms with Gasteiger partial charge in [0, 0.05) is 28.3 Å². The molecule has 2 aromatic carbocycles. The number of methoxy groups -OCH3 is 1. The highest BCUT2D eigenvalue weighted by molar-refractivity contribution is 6.33. The largest absolute Gasteiger partial charge is 0.494 e. The summed E-state index contributed by atoms with van der Waals surface area (Å²) in [5.41, 5.74) is 4.06. The minimum Gasteiger partial charge on any atom is -0.494 e. The van der Waals surface area contributed by atoms with Crippen LogP contribution in [0.3, 0.4) is 0 Å². The van der Waals surface area contributed by atoms with Crippen molar-refractivity contribution < 1.29 is 37.3 Å². The molecule has 1 unspecified atom stereocenters.